The smallest absolute Gasteiger partial charge is 0.271 e. The average Bonchev–Trinajstić information content (AvgIpc) is 3.33. The van der Waals surface area contributed by atoms with Crippen LogP contribution in [0.15, 0.2) is 60.2 Å². The van der Waals surface area contributed by atoms with E-state index < -0.39 is 0 Å². The number of nitrogens with one attached hydrogen (secondary N) is 1. The van der Waals surface area contributed by atoms with Gasteiger partial charge in [-0.2, -0.15) is 5.10 Å². The van der Waals surface area contributed by atoms with E-state index in [1.54, 1.807) is 34.6 Å². The van der Waals surface area contributed by atoms with Crippen LogP contribution in [0.25, 0.3) is 5.13 Å². The lowest BCUT2D eigenvalue weighted by atomic mass is 10.00. The third kappa shape index (κ3) is 4.21. The molecule has 1 unspecified atom stereocenters. The van der Waals surface area contributed by atoms with Gasteiger partial charge in [0, 0.05) is 28.5 Å². The molecule has 0 radical (unpaired) electrons. The van der Waals surface area contributed by atoms with Crippen LogP contribution in [0.5, 0.6) is 0 Å². The van der Waals surface area contributed by atoms with Gasteiger partial charge in [-0.15, -0.1) is 11.3 Å². The molecule has 1 atom stereocenters. The summed E-state index contributed by atoms with van der Waals surface area (Å²) < 4.78 is 1.74. The standard InChI is InChI=1S/C21H18ClN5OS/c1-13-10-14(2)27(26-13)21-24-18(12-29-21)20(28)25-19(16-4-3-9-23-11-16)15-5-7-17(22)8-6-15/h3-12,19H,1-2H3,(H,25,28). The number of hydrogen-bond donors (Lipinski definition) is 1. The second kappa shape index (κ2) is 8.14. The van der Waals surface area contributed by atoms with Gasteiger partial charge in [-0.05, 0) is 49.2 Å². The van der Waals surface area contributed by atoms with Crippen LogP contribution in [0, 0.1) is 13.8 Å². The van der Waals surface area contributed by atoms with Gasteiger partial charge in [-0.3, -0.25) is 9.78 Å². The van der Waals surface area contributed by atoms with Crippen LogP contribution < -0.4 is 5.32 Å². The van der Waals surface area contributed by atoms with Gasteiger partial charge in [0.1, 0.15) is 5.69 Å². The zero-order valence-electron chi connectivity index (χ0n) is 15.8. The highest BCUT2D eigenvalue weighted by Gasteiger charge is 2.20. The molecule has 0 saturated heterocycles. The summed E-state index contributed by atoms with van der Waals surface area (Å²) in [6, 6.07) is 12.8. The molecule has 0 bridgehead atoms. The van der Waals surface area contributed by atoms with Crippen molar-refractivity contribution in [2.45, 2.75) is 19.9 Å². The van der Waals surface area contributed by atoms with E-state index >= 15 is 0 Å². The number of amides is 1. The van der Waals surface area contributed by atoms with Crippen molar-refractivity contribution in [2.24, 2.45) is 0 Å². The van der Waals surface area contributed by atoms with Gasteiger partial charge >= 0.3 is 0 Å². The molecular formula is C21H18ClN5OS. The Balaban J connectivity index is 1.62. The molecule has 1 aromatic carbocycles. The lowest BCUT2D eigenvalue weighted by Gasteiger charge is -2.19. The van der Waals surface area contributed by atoms with Gasteiger partial charge in [-0.1, -0.05) is 29.8 Å². The first kappa shape index (κ1) is 19.3. The zero-order valence-corrected chi connectivity index (χ0v) is 17.4. The van der Waals surface area contributed by atoms with Crippen molar-refractivity contribution in [1.29, 1.82) is 0 Å². The molecule has 0 aliphatic heterocycles. The summed E-state index contributed by atoms with van der Waals surface area (Å²) >= 11 is 7.40. The highest BCUT2D eigenvalue weighted by Crippen LogP contribution is 2.24. The molecule has 29 heavy (non-hydrogen) atoms. The van der Waals surface area contributed by atoms with E-state index in [0.29, 0.717) is 15.8 Å². The highest BCUT2D eigenvalue weighted by molar-refractivity contribution is 7.12. The van der Waals surface area contributed by atoms with Crippen molar-refractivity contribution in [3.05, 3.63) is 93.5 Å². The van der Waals surface area contributed by atoms with Crippen LogP contribution in [-0.4, -0.2) is 25.7 Å². The quantitative estimate of drug-likeness (QED) is 0.512. The van der Waals surface area contributed by atoms with E-state index in [1.807, 2.05) is 44.2 Å². The monoisotopic (exact) mass is 423 g/mol. The molecule has 4 aromatic rings. The molecule has 8 heteroatoms. The number of aryl methyl sites for hydroxylation is 2. The Morgan fingerprint density at radius 1 is 1.17 bits per heavy atom. The Labute approximate surface area is 177 Å². The molecule has 146 valence electrons. The van der Waals surface area contributed by atoms with Crippen LogP contribution >= 0.6 is 22.9 Å². The number of carbonyl (C=O) groups is 1. The molecule has 0 aliphatic carbocycles. The lowest BCUT2D eigenvalue weighted by molar-refractivity contribution is 0.0938. The zero-order chi connectivity index (χ0) is 20.4. The first-order valence-corrected chi connectivity index (χ1v) is 10.2. The maximum Gasteiger partial charge on any atom is 0.271 e. The van der Waals surface area contributed by atoms with Gasteiger partial charge in [0.2, 0.25) is 5.13 Å². The summed E-state index contributed by atoms with van der Waals surface area (Å²) in [7, 11) is 0. The summed E-state index contributed by atoms with van der Waals surface area (Å²) in [6.45, 7) is 3.88. The minimum Gasteiger partial charge on any atom is -0.340 e. The minimum absolute atomic E-state index is 0.266. The topological polar surface area (TPSA) is 72.7 Å². The summed E-state index contributed by atoms with van der Waals surface area (Å²) in [4.78, 5) is 21.6. The maximum absolute atomic E-state index is 13.0. The molecule has 1 amide bonds. The van der Waals surface area contributed by atoms with Crippen molar-refractivity contribution in [2.75, 3.05) is 0 Å². The van der Waals surface area contributed by atoms with E-state index in [9.17, 15) is 4.79 Å². The van der Waals surface area contributed by atoms with Crippen molar-refractivity contribution >= 4 is 28.8 Å². The van der Waals surface area contributed by atoms with E-state index in [1.165, 1.54) is 11.3 Å². The first-order chi connectivity index (χ1) is 14.0. The van der Waals surface area contributed by atoms with Gasteiger partial charge in [0.25, 0.3) is 5.91 Å². The molecule has 1 N–H and O–H groups in total. The van der Waals surface area contributed by atoms with Crippen molar-refractivity contribution < 1.29 is 4.79 Å². The highest BCUT2D eigenvalue weighted by atomic mass is 35.5. The van der Waals surface area contributed by atoms with Crippen molar-refractivity contribution in [3.8, 4) is 5.13 Å². The van der Waals surface area contributed by atoms with E-state index in [2.05, 4.69) is 20.4 Å². The Kier molecular flexibility index (Phi) is 5.42. The van der Waals surface area contributed by atoms with Crippen molar-refractivity contribution in [1.82, 2.24) is 25.1 Å². The number of hydrogen-bond acceptors (Lipinski definition) is 5. The normalized spacial score (nSPS) is 12.0. The second-order valence-corrected chi connectivity index (χ2v) is 7.87. The number of thiazole rings is 1. The Morgan fingerprint density at radius 2 is 1.97 bits per heavy atom. The van der Waals surface area contributed by atoms with E-state index in [0.717, 1.165) is 22.5 Å². The van der Waals surface area contributed by atoms with Gasteiger partial charge in [-0.25, -0.2) is 9.67 Å². The third-order valence-electron chi connectivity index (χ3n) is 4.41. The van der Waals surface area contributed by atoms with Gasteiger partial charge < -0.3 is 5.32 Å². The summed E-state index contributed by atoms with van der Waals surface area (Å²) in [5, 5.41) is 10.5. The molecule has 4 rings (SSSR count). The Morgan fingerprint density at radius 3 is 2.62 bits per heavy atom. The molecule has 0 fully saturated rings. The number of halogens is 1. The summed E-state index contributed by atoms with van der Waals surface area (Å²) in [5.41, 5.74) is 4.00. The number of pyridine rings is 1. The van der Waals surface area contributed by atoms with Crippen LogP contribution in [0.1, 0.15) is 39.0 Å². The predicted octanol–water partition coefficient (Wildman–Crippen LogP) is 4.51. The SMILES string of the molecule is Cc1cc(C)n(-c2nc(C(=O)NC(c3ccc(Cl)cc3)c3cccnc3)cs2)n1. The van der Waals surface area contributed by atoms with Crippen molar-refractivity contribution in [3.63, 3.8) is 0 Å². The molecule has 3 heterocycles. The largest absolute Gasteiger partial charge is 0.340 e. The number of aromatic nitrogens is 4. The molecule has 3 aromatic heterocycles. The van der Waals surface area contributed by atoms with Gasteiger partial charge in [0.15, 0.2) is 0 Å². The summed E-state index contributed by atoms with van der Waals surface area (Å²) in [6.07, 6.45) is 3.44. The fraction of sp³-hybridized carbons (Fsp3) is 0.143. The molecule has 0 saturated carbocycles. The number of nitrogens with zero attached hydrogens (tertiary/aromatic N) is 4. The fourth-order valence-corrected chi connectivity index (χ4v) is 3.99. The van der Waals surface area contributed by atoms with Crippen LogP contribution in [0.2, 0.25) is 5.02 Å². The summed E-state index contributed by atoms with van der Waals surface area (Å²) in [5.74, 6) is -0.266. The fourth-order valence-electron chi connectivity index (χ4n) is 3.05. The molecule has 0 aliphatic rings. The van der Waals surface area contributed by atoms with Crippen LogP contribution in [-0.2, 0) is 0 Å². The van der Waals surface area contributed by atoms with E-state index in [-0.39, 0.29) is 11.9 Å². The number of rotatable bonds is 5. The first-order valence-electron chi connectivity index (χ1n) is 8.96. The molecular weight excluding hydrogens is 406 g/mol. The molecule has 0 spiro atoms. The van der Waals surface area contributed by atoms with Gasteiger partial charge in [0.05, 0.1) is 11.7 Å². The number of carbonyl (C=O) groups excluding carboxylic acids is 1. The predicted molar refractivity (Wildman–Crippen MR) is 114 cm³/mol. The van der Waals surface area contributed by atoms with E-state index in [4.69, 9.17) is 11.6 Å². The van der Waals surface area contributed by atoms with Crippen LogP contribution in [0.3, 0.4) is 0 Å². The lowest BCUT2D eigenvalue weighted by Crippen LogP contribution is -2.29. The number of benzene rings is 1. The molecule has 6 nitrogen and oxygen atoms in total. The van der Waals surface area contributed by atoms with Crippen LogP contribution in [0.4, 0.5) is 0 Å². The maximum atomic E-state index is 13.0. The average molecular weight is 424 g/mol. The Hall–Kier alpha value is -3.03. The minimum atomic E-state index is -0.368. The Bertz CT molecular complexity index is 1140. The second-order valence-electron chi connectivity index (χ2n) is 6.60. The third-order valence-corrected chi connectivity index (χ3v) is 5.48.